The number of piperidine rings is 1. The Bertz CT molecular complexity index is 1050. The van der Waals surface area contributed by atoms with Gasteiger partial charge in [-0.15, -0.1) is 10.2 Å². The third kappa shape index (κ3) is 3.07. The number of pyridine rings is 1. The summed E-state index contributed by atoms with van der Waals surface area (Å²) >= 11 is 1.42. The molecule has 1 saturated heterocycles. The number of hydrogen-bond donors (Lipinski definition) is 1. The van der Waals surface area contributed by atoms with Gasteiger partial charge in [0.2, 0.25) is 5.13 Å². The minimum Gasteiger partial charge on any atom is -0.374 e. The van der Waals surface area contributed by atoms with Gasteiger partial charge in [0.15, 0.2) is 0 Å². The molecule has 1 aromatic carbocycles. The van der Waals surface area contributed by atoms with Crippen molar-refractivity contribution in [2.24, 2.45) is 0 Å². The highest BCUT2D eigenvalue weighted by Crippen LogP contribution is 2.36. The Balaban J connectivity index is 1.50. The maximum absolute atomic E-state index is 5.76. The summed E-state index contributed by atoms with van der Waals surface area (Å²) in [5.74, 6) is 1.09. The highest BCUT2D eigenvalue weighted by molar-refractivity contribution is 7.18. The second kappa shape index (κ2) is 7.02. The van der Waals surface area contributed by atoms with E-state index in [2.05, 4.69) is 64.5 Å². The normalized spacial score (nSPS) is 18.8. The molecule has 0 radical (unpaired) electrons. The van der Waals surface area contributed by atoms with Crippen LogP contribution in [0.1, 0.15) is 43.0 Å². The van der Waals surface area contributed by atoms with Gasteiger partial charge in [0, 0.05) is 23.7 Å². The summed E-state index contributed by atoms with van der Waals surface area (Å²) in [6.07, 6.45) is 7.03. The van der Waals surface area contributed by atoms with Gasteiger partial charge in [-0.1, -0.05) is 35.6 Å². The summed E-state index contributed by atoms with van der Waals surface area (Å²) in [5.41, 5.74) is 11.6. The molecule has 3 aromatic rings. The Kier molecular flexibility index (Phi) is 4.36. The number of nitrogens with zero attached hydrogens (tertiary/aromatic N) is 4. The fourth-order valence-corrected chi connectivity index (χ4v) is 4.83. The fourth-order valence-electron chi connectivity index (χ4n) is 4.23. The van der Waals surface area contributed by atoms with E-state index in [0.717, 1.165) is 35.0 Å². The first kappa shape index (κ1) is 17.4. The average Bonchev–Trinajstić information content (AvgIpc) is 3.34. The van der Waals surface area contributed by atoms with Gasteiger partial charge in [0.05, 0.1) is 5.69 Å². The van der Waals surface area contributed by atoms with Crippen molar-refractivity contribution in [3.63, 3.8) is 0 Å². The number of aromatic nitrogens is 3. The Morgan fingerprint density at radius 3 is 2.89 bits per heavy atom. The van der Waals surface area contributed by atoms with Gasteiger partial charge in [0.25, 0.3) is 0 Å². The van der Waals surface area contributed by atoms with E-state index in [-0.39, 0.29) is 0 Å². The SMILES string of the molecule is C[C@@H]1CCCCN1c1cccc(C2=CCc3ccc(-c4nnc(N)s4)cc32)n1. The van der Waals surface area contributed by atoms with E-state index in [0.29, 0.717) is 11.2 Å². The lowest BCUT2D eigenvalue weighted by Gasteiger charge is -2.34. The van der Waals surface area contributed by atoms with Crippen LogP contribution in [0.5, 0.6) is 0 Å². The van der Waals surface area contributed by atoms with Crippen LogP contribution in [0.25, 0.3) is 16.1 Å². The molecule has 5 nitrogen and oxygen atoms in total. The summed E-state index contributed by atoms with van der Waals surface area (Å²) in [4.78, 5) is 7.49. The standard InChI is InChI=1S/C22H23N5S/c1-14-5-2-3-12-27(14)20-7-4-6-19(24-20)17-11-10-15-8-9-16(13-18(15)17)21-25-26-22(23)28-21/h4,6-9,11,13-14H,2-3,5,10,12H2,1H3,(H2,23,26)/t14-/m1/s1. The molecule has 3 heterocycles. The third-order valence-corrected chi connectivity index (χ3v) is 6.52. The van der Waals surface area contributed by atoms with Gasteiger partial charge in [-0.05, 0) is 61.9 Å². The number of allylic oxidation sites excluding steroid dienone is 1. The van der Waals surface area contributed by atoms with Crippen LogP contribution in [-0.4, -0.2) is 27.8 Å². The van der Waals surface area contributed by atoms with Crippen molar-refractivity contribution in [2.75, 3.05) is 17.2 Å². The van der Waals surface area contributed by atoms with Crippen LogP contribution in [0.4, 0.5) is 10.9 Å². The van der Waals surface area contributed by atoms with Crippen LogP contribution in [-0.2, 0) is 6.42 Å². The third-order valence-electron chi connectivity index (χ3n) is 5.72. The minimum absolute atomic E-state index is 0.497. The molecule has 1 fully saturated rings. The molecule has 0 amide bonds. The van der Waals surface area contributed by atoms with Crippen molar-refractivity contribution < 1.29 is 0 Å². The van der Waals surface area contributed by atoms with Crippen molar-refractivity contribution in [1.82, 2.24) is 15.2 Å². The number of anilines is 2. The maximum atomic E-state index is 5.76. The molecule has 0 saturated carbocycles. The van der Waals surface area contributed by atoms with Crippen molar-refractivity contribution in [3.8, 4) is 10.6 Å². The number of hydrogen-bond acceptors (Lipinski definition) is 6. The predicted octanol–water partition coefficient (Wildman–Crippen LogP) is 4.55. The topological polar surface area (TPSA) is 67.9 Å². The zero-order chi connectivity index (χ0) is 19.1. The van der Waals surface area contributed by atoms with Crippen LogP contribution >= 0.6 is 11.3 Å². The van der Waals surface area contributed by atoms with E-state index in [4.69, 9.17) is 10.7 Å². The van der Waals surface area contributed by atoms with Crippen molar-refractivity contribution in [3.05, 3.63) is 59.3 Å². The van der Waals surface area contributed by atoms with E-state index < -0.39 is 0 Å². The molecule has 6 heteroatoms. The molecular formula is C22H23N5S. The van der Waals surface area contributed by atoms with Crippen LogP contribution in [0.3, 0.4) is 0 Å². The van der Waals surface area contributed by atoms with E-state index in [9.17, 15) is 0 Å². The number of nitrogen functional groups attached to an aromatic ring is 1. The van der Waals surface area contributed by atoms with Gasteiger partial charge in [-0.3, -0.25) is 0 Å². The lowest BCUT2D eigenvalue weighted by atomic mass is 10.00. The predicted molar refractivity (Wildman–Crippen MR) is 115 cm³/mol. The summed E-state index contributed by atoms with van der Waals surface area (Å²) < 4.78 is 0. The van der Waals surface area contributed by atoms with Crippen LogP contribution in [0.2, 0.25) is 0 Å². The first-order chi connectivity index (χ1) is 13.7. The number of fused-ring (bicyclic) bond motifs is 1. The lowest BCUT2D eigenvalue weighted by molar-refractivity contribution is 0.481. The molecule has 2 aliphatic rings. The van der Waals surface area contributed by atoms with Crippen LogP contribution in [0, 0.1) is 0 Å². The van der Waals surface area contributed by atoms with E-state index >= 15 is 0 Å². The Hall–Kier alpha value is -2.73. The molecule has 0 bridgehead atoms. The smallest absolute Gasteiger partial charge is 0.203 e. The Morgan fingerprint density at radius 1 is 1.14 bits per heavy atom. The van der Waals surface area contributed by atoms with E-state index in [1.165, 1.54) is 47.3 Å². The zero-order valence-corrected chi connectivity index (χ0v) is 16.7. The second-order valence-corrected chi connectivity index (χ2v) is 8.57. The molecule has 1 aliphatic heterocycles. The molecule has 0 unspecified atom stereocenters. The molecule has 5 rings (SSSR count). The van der Waals surface area contributed by atoms with Gasteiger partial charge in [-0.25, -0.2) is 4.98 Å². The molecule has 142 valence electrons. The second-order valence-electron chi connectivity index (χ2n) is 7.56. The quantitative estimate of drug-likeness (QED) is 0.712. The van der Waals surface area contributed by atoms with Gasteiger partial charge >= 0.3 is 0 Å². The maximum Gasteiger partial charge on any atom is 0.203 e. The van der Waals surface area contributed by atoms with E-state index in [1.54, 1.807) is 0 Å². The van der Waals surface area contributed by atoms with E-state index in [1.807, 2.05) is 0 Å². The molecular weight excluding hydrogens is 366 g/mol. The van der Waals surface area contributed by atoms with Gasteiger partial charge in [-0.2, -0.15) is 0 Å². The van der Waals surface area contributed by atoms with Crippen LogP contribution < -0.4 is 10.6 Å². The minimum atomic E-state index is 0.497. The fraction of sp³-hybridized carbons (Fsp3) is 0.318. The molecule has 2 N–H and O–H groups in total. The van der Waals surface area contributed by atoms with Crippen molar-refractivity contribution in [2.45, 2.75) is 38.6 Å². The number of benzene rings is 1. The summed E-state index contributed by atoms with van der Waals surface area (Å²) in [7, 11) is 0. The molecule has 1 atom stereocenters. The lowest BCUT2D eigenvalue weighted by Crippen LogP contribution is -2.38. The largest absolute Gasteiger partial charge is 0.374 e. The van der Waals surface area contributed by atoms with Crippen molar-refractivity contribution >= 4 is 27.9 Å². The first-order valence-corrected chi connectivity index (χ1v) is 10.7. The first-order valence-electron chi connectivity index (χ1n) is 9.86. The van der Waals surface area contributed by atoms with Crippen molar-refractivity contribution in [1.29, 1.82) is 0 Å². The average molecular weight is 390 g/mol. The summed E-state index contributed by atoms with van der Waals surface area (Å²) in [6, 6.07) is 13.4. The number of rotatable bonds is 3. The van der Waals surface area contributed by atoms with Crippen LogP contribution in [0.15, 0.2) is 42.5 Å². The zero-order valence-electron chi connectivity index (χ0n) is 15.9. The number of nitrogens with two attached hydrogens (primary N) is 1. The Labute approximate surface area is 168 Å². The highest BCUT2D eigenvalue weighted by atomic mass is 32.1. The Morgan fingerprint density at radius 2 is 2.07 bits per heavy atom. The molecule has 1 aliphatic carbocycles. The molecule has 2 aromatic heterocycles. The summed E-state index contributed by atoms with van der Waals surface area (Å²) in [5, 5.41) is 9.50. The monoisotopic (exact) mass is 389 g/mol. The van der Waals surface area contributed by atoms with Gasteiger partial charge < -0.3 is 10.6 Å². The molecule has 28 heavy (non-hydrogen) atoms. The van der Waals surface area contributed by atoms with Gasteiger partial charge in [0.1, 0.15) is 10.8 Å². The summed E-state index contributed by atoms with van der Waals surface area (Å²) in [6.45, 7) is 3.40. The highest BCUT2D eigenvalue weighted by Gasteiger charge is 2.22. The molecule has 0 spiro atoms.